The molecule has 0 aromatic rings. The maximum Gasteiger partial charge on any atom is 0.331 e. The highest BCUT2D eigenvalue weighted by Gasteiger charge is 2.03. The molecule has 0 aromatic carbocycles. The van der Waals surface area contributed by atoms with E-state index >= 15 is 0 Å². The lowest BCUT2D eigenvalue weighted by molar-refractivity contribution is -0.139. The van der Waals surface area contributed by atoms with Crippen LogP contribution >= 0.6 is 0 Å². The Morgan fingerprint density at radius 3 is 2.38 bits per heavy atom. The number of methoxy groups -OCH3 is 1. The lowest BCUT2D eigenvalue weighted by atomic mass is 10.5. The number of hydrogen-bond donors (Lipinski definition) is 0. The highest BCUT2D eigenvalue weighted by molar-refractivity contribution is 7.81. The number of rotatable bonds is 6. The van der Waals surface area contributed by atoms with Crippen molar-refractivity contribution in [2.24, 2.45) is 0 Å². The standard InChI is InChI=1S/C9H15NO5S/c1-10(16(3)13)6-7-15-9(12)5-4-8(11)14-2/h4-5H,6-7H2,1-3H3/b5-4+. The summed E-state index contributed by atoms with van der Waals surface area (Å²) in [5.74, 6) is -1.26. The van der Waals surface area contributed by atoms with Crippen LogP contribution in [0.2, 0.25) is 0 Å². The summed E-state index contributed by atoms with van der Waals surface area (Å²) in [6.07, 6.45) is 3.48. The molecule has 7 heteroatoms. The summed E-state index contributed by atoms with van der Waals surface area (Å²) in [5.41, 5.74) is 0. The molecule has 1 unspecified atom stereocenters. The van der Waals surface area contributed by atoms with Gasteiger partial charge in [-0.15, -0.1) is 0 Å². The van der Waals surface area contributed by atoms with Crippen molar-refractivity contribution >= 4 is 22.9 Å². The van der Waals surface area contributed by atoms with Crippen molar-refractivity contribution < 1.29 is 23.3 Å². The van der Waals surface area contributed by atoms with Crippen molar-refractivity contribution in [1.82, 2.24) is 4.31 Å². The van der Waals surface area contributed by atoms with Crippen LogP contribution in [-0.4, -0.2) is 54.0 Å². The van der Waals surface area contributed by atoms with Crippen LogP contribution in [0, 0.1) is 0 Å². The van der Waals surface area contributed by atoms with Gasteiger partial charge in [-0.05, 0) is 7.05 Å². The molecule has 0 spiro atoms. The second kappa shape index (κ2) is 8.00. The number of hydrogen-bond acceptors (Lipinski definition) is 5. The van der Waals surface area contributed by atoms with Gasteiger partial charge in [-0.2, -0.15) is 0 Å². The molecule has 92 valence electrons. The topological polar surface area (TPSA) is 72.9 Å². The Labute approximate surface area is 96.8 Å². The fraction of sp³-hybridized carbons (Fsp3) is 0.556. The minimum atomic E-state index is -1.09. The zero-order valence-corrected chi connectivity index (χ0v) is 10.3. The first-order valence-corrected chi connectivity index (χ1v) is 5.96. The normalized spacial score (nSPS) is 12.8. The van der Waals surface area contributed by atoms with Gasteiger partial charge in [0.15, 0.2) is 0 Å². The lowest BCUT2D eigenvalue weighted by Crippen LogP contribution is -2.25. The van der Waals surface area contributed by atoms with Gasteiger partial charge in [-0.3, -0.25) is 0 Å². The minimum Gasteiger partial charge on any atom is -0.466 e. The second-order valence-electron chi connectivity index (χ2n) is 2.80. The summed E-state index contributed by atoms with van der Waals surface area (Å²) < 4.78 is 21.5. The summed E-state index contributed by atoms with van der Waals surface area (Å²) in [4.78, 5) is 21.6. The summed E-state index contributed by atoms with van der Waals surface area (Å²) in [6.45, 7) is 0.474. The first-order chi connectivity index (χ1) is 7.47. The van der Waals surface area contributed by atoms with Gasteiger partial charge in [0.1, 0.15) is 6.61 Å². The molecule has 0 heterocycles. The van der Waals surface area contributed by atoms with E-state index in [-0.39, 0.29) is 6.61 Å². The fourth-order valence-corrected chi connectivity index (χ4v) is 0.987. The first-order valence-electron chi connectivity index (χ1n) is 4.45. The van der Waals surface area contributed by atoms with E-state index in [4.69, 9.17) is 4.74 Å². The minimum absolute atomic E-state index is 0.112. The average molecular weight is 249 g/mol. The smallest absolute Gasteiger partial charge is 0.331 e. The molecule has 0 saturated heterocycles. The Kier molecular flexibility index (Phi) is 7.40. The molecule has 0 aromatic heterocycles. The molecule has 0 radical (unpaired) electrons. The zero-order chi connectivity index (χ0) is 12.6. The second-order valence-corrected chi connectivity index (χ2v) is 4.27. The fourth-order valence-electron chi connectivity index (χ4n) is 0.656. The zero-order valence-electron chi connectivity index (χ0n) is 9.47. The van der Waals surface area contributed by atoms with Crippen LogP contribution in [0.25, 0.3) is 0 Å². The molecule has 0 aliphatic heterocycles. The summed E-state index contributed by atoms with van der Waals surface area (Å²) >= 11 is 0. The van der Waals surface area contributed by atoms with Gasteiger partial charge in [0, 0.05) is 25.0 Å². The molecule has 0 saturated carbocycles. The van der Waals surface area contributed by atoms with Crippen LogP contribution in [0.3, 0.4) is 0 Å². The maximum absolute atomic E-state index is 11.0. The van der Waals surface area contributed by atoms with Crippen molar-refractivity contribution in [2.75, 3.05) is 33.6 Å². The molecule has 16 heavy (non-hydrogen) atoms. The molecule has 0 amide bonds. The Morgan fingerprint density at radius 2 is 1.88 bits per heavy atom. The van der Waals surface area contributed by atoms with Crippen LogP contribution in [0.5, 0.6) is 0 Å². The van der Waals surface area contributed by atoms with Gasteiger partial charge in [0.25, 0.3) is 0 Å². The predicted molar refractivity (Wildman–Crippen MR) is 58.8 cm³/mol. The van der Waals surface area contributed by atoms with E-state index in [2.05, 4.69) is 4.74 Å². The van der Waals surface area contributed by atoms with Gasteiger partial charge in [-0.1, -0.05) is 0 Å². The Balaban J connectivity index is 3.78. The molecule has 0 fully saturated rings. The molecule has 0 aliphatic carbocycles. The molecule has 1 atom stereocenters. The van der Waals surface area contributed by atoms with Gasteiger partial charge in [0.05, 0.1) is 18.1 Å². The molecule has 0 bridgehead atoms. The number of esters is 2. The lowest BCUT2D eigenvalue weighted by Gasteiger charge is -2.11. The Bertz CT molecular complexity index is 302. The van der Waals surface area contributed by atoms with Crippen molar-refractivity contribution in [1.29, 1.82) is 0 Å². The number of nitrogens with zero attached hydrogens (tertiary/aromatic N) is 1. The van der Waals surface area contributed by atoms with E-state index in [1.807, 2.05) is 0 Å². The van der Waals surface area contributed by atoms with Crippen molar-refractivity contribution in [3.05, 3.63) is 12.2 Å². The number of carbonyl (C=O) groups is 2. The van der Waals surface area contributed by atoms with E-state index < -0.39 is 22.9 Å². The van der Waals surface area contributed by atoms with E-state index in [1.54, 1.807) is 7.05 Å². The number of carbonyl (C=O) groups excluding carboxylic acids is 2. The predicted octanol–water partition coefficient (Wildman–Crippen LogP) is -0.516. The Morgan fingerprint density at radius 1 is 1.31 bits per heavy atom. The molecule has 0 N–H and O–H groups in total. The third-order valence-corrected chi connectivity index (χ3v) is 2.71. The highest BCUT2D eigenvalue weighted by Crippen LogP contribution is 1.89. The van der Waals surface area contributed by atoms with Crippen LogP contribution in [0.1, 0.15) is 0 Å². The molecular weight excluding hydrogens is 234 g/mol. The first kappa shape index (κ1) is 14.8. The van der Waals surface area contributed by atoms with Crippen LogP contribution < -0.4 is 0 Å². The Hall–Kier alpha value is -1.21. The maximum atomic E-state index is 11.0. The van der Waals surface area contributed by atoms with E-state index in [9.17, 15) is 13.8 Å². The van der Waals surface area contributed by atoms with Crippen molar-refractivity contribution in [3.8, 4) is 0 Å². The third-order valence-electron chi connectivity index (χ3n) is 1.65. The van der Waals surface area contributed by atoms with Crippen molar-refractivity contribution in [3.63, 3.8) is 0 Å². The largest absolute Gasteiger partial charge is 0.466 e. The van der Waals surface area contributed by atoms with Crippen LogP contribution in [0.4, 0.5) is 0 Å². The molecule has 0 rings (SSSR count). The van der Waals surface area contributed by atoms with E-state index in [1.165, 1.54) is 17.7 Å². The van der Waals surface area contributed by atoms with Crippen LogP contribution in [-0.2, 0) is 30.0 Å². The van der Waals surface area contributed by atoms with Gasteiger partial charge >= 0.3 is 11.9 Å². The molecular formula is C9H15NO5S. The van der Waals surface area contributed by atoms with Gasteiger partial charge in [0.2, 0.25) is 0 Å². The summed E-state index contributed by atoms with van der Waals surface area (Å²) in [6, 6.07) is 0. The van der Waals surface area contributed by atoms with E-state index in [0.29, 0.717) is 6.54 Å². The third kappa shape index (κ3) is 7.13. The number of ether oxygens (including phenoxy) is 2. The van der Waals surface area contributed by atoms with Gasteiger partial charge in [-0.25, -0.2) is 18.1 Å². The quantitative estimate of drug-likeness (QED) is 0.468. The van der Waals surface area contributed by atoms with Gasteiger partial charge < -0.3 is 9.47 Å². The molecule has 6 nitrogen and oxygen atoms in total. The monoisotopic (exact) mass is 249 g/mol. The summed E-state index contributed by atoms with van der Waals surface area (Å²) in [5, 5.41) is 0. The van der Waals surface area contributed by atoms with Crippen LogP contribution in [0.15, 0.2) is 12.2 Å². The summed E-state index contributed by atoms with van der Waals surface area (Å²) in [7, 11) is 1.77. The van der Waals surface area contributed by atoms with E-state index in [0.717, 1.165) is 12.2 Å². The number of likely N-dealkylation sites (N-methyl/N-ethyl adjacent to an activating group) is 1. The average Bonchev–Trinajstić information content (AvgIpc) is 2.25. The van der Waals surface area contributed by atoms with Crippen molar-refractivity contribution in [2.45, 2.75) is 0 Å². The SMILES string of the molecule is COC(=O)/C=C/C(=O)OCCN(C)S(C)=O. The molecule has 0 aliphatic rings. The highest BCUT2D eigenvalue weighted by atomic mass is 32.2.